The van der Waals surface area contributed by atoms with Gasteiger partial charge in [-0.15, -0.1) is 0 Å². The van der Waals surface area contributed by atoms with Gasteiger partial charge in [0.25, 0.3) is 0 Å². The fourth-order valence-electron chi connectivity index (χ4n) is 3.51. The Morgan fingerprint density at radius 2 is 1.96 bits per heavy atom. The minimum Gasteiger partial charge on any atom is -0.391 e. The molecule has 0 saturated carbocycles. The third-order valence-electron chi connectivity index (χ3n) is 4.83. The van der Waals surface area contributed by atoms with Crippen molar-refractivity contribution in [3.63, 3.8) is 0 Å². The molecule has 146 valence electrons. The molecule has 2 heterocycles. The zero-order valence-corrected chi connectivity index (χ0v) is 16.8. The van der Waals surface area contributed by atoms with Gasteiger partial charge >= 0.3 is 0 Å². The van der Waals surface area contributed by atoms with Crippen LogP contribution < -0.4 is 4.90 Å². The number of para-hydroxylation sites is 1. The monoisotopic (exact) mass is 396 g/mol. The van der Waals surface area contributed by atoms with Crippen molar-refractivity contribution in [2.75, 3.05) is 32.1 Å². The molecule has 2 N–H and O–H groups in total. The quantitative estimate of drug-likeness (QED) is 0.710. The van der Waals surface area contributed by atoms with Crippen molar-refractivity contribution in [1.29, 1.82) is 5.26 Å². The molecule has 6 nitrogen and oxygen atoms in total. The van der Waals surface area contributed by atoms with Gasteiger partial charge in [0.1, 0.15) is 11.0 Å². The number of β-amino-alcohol motifs (C(OH)–C–C–N with tert-alkyl or cyclic N) is 1. The summed E-state index contributed by atoms with van der Waals surface area (Å²) < 4.78 is 14.3. The molecule has 1 fully saturated rings. The summed E-state index contributed by atoms with van der Waals surface area (Å²) in [7, 11) is 2.42. The van der Waals surface area contributed by atoms with Crippen molar-refractivity contribution in [1.82, 2.24) is 9.29 Å². The van der Waals surface area contributed by atoms with Gasteiger partial charge in [0.2, 0.25) is 0 Å². The number of aromatic nitrogens is 1. The molecule has 0 amide bonds. The third-order valence-corrected chi connectivity index (χ3v) is 6.15. The molecule has 1 aromatic heterocycles. The van der Waals surface area contributed by atoms with E-state index in [0.29, 0.717) is 6.54 Å². The van der Waals surface area contributed by atoms with Gasteiger partial charge in [0.05, 0.1) is 11.0 Å². The Morgan fingerprint density at radius 1 is 1.21 bits per heavy atom. The zero-order chi connectivity index (χ0) is 20.3. The summed E-state index contributed by atoms with van der Waals surface area (Å²) in [5.41, 5.74) is 4.16. The van der Waals surface area contributed by atoms with Gasteiger partial charge in [-0.25, -0.2) is 13.8 Å². The fraction of sp³-hybridized carbons (Fsp3) is 0.286. The molecule has 4 rings (SSSR count). The highest BCUT2D eigenvalue weighted by Gasteiger charge is 2.24. The van der Waals surface area contributed by atoms with E-state index < -0.39 is 11.0 Å². The summed E-state index contributed by atoms with van der Waals surface area (Å²) in [4.78, 5) is 6.45. The maximum Gasteiger partial charge on any atom is 0.127 e. The maximum atomic E-state index is 12.6. The Balaban J connectivity index is 0.00000109. The van der Waals surface area contributed by atoms with Crippen LogP contribution in [-0.2, 0) is 11.0 Å². The Morgan fingerprint density at radius 3 is 2.61 bits per heavy atom. The molecule has 1 aliphatic heterocycles. The van der Waals surface area contributed by atoms with Crippen LogP contribution in [-0.4, -0.2) is 51.9 Å². The van der Waals surface area contributed by atoms with Crippen LogP contribution in [0.4, 0.5) is 5.69 Å². The van der Waals surface area contributed by atoms with Gasteiger partial charge < -0.3 is 15.0 Å². The number of aliphatic hydroxyl groups is 1. The van der Waals surface area contributed by atoms with Crippen LogP contribution in [0.5, 0.6) is 0 Å². The van der Waals surface area contributed by atoms with Gasteiger partial charge in [-0.2, -0.15) is 0 Å². The summed E-state index contributed by atoms with van der Waals surface area (Å²) >= 11 is 0. The van der Waals surface area contributed by atoms with Crippen LogP contribution >= 0.6 is 0 Å². The number of anilines is 1. The Kier molecular flexibility index (Phi) is 6.15. The van der Waals surface area contributed by atoms with Gasteiger partial charge in [0, 0.05) is 47.5 Å². The summed E-state index contributed by atoms with van der Waals surface area (Å²) in [5.74, 6) is 0. The summed E-state index contributed by atoms with van der Waals surface area (Å²) in [6, 6.07) is 16.2. The van der Waals surface area contributed by atoms with E-state index in [-0.39, 0.29) is 6.10 Å². The topological polar surface area (TPSA) is 83.4 Å². The number of fused-ring (bicyclic) bond motifs is 1. The molecule has 2 aromatic carbocycles. The third kappa shape index (κ3) is 3.94. The second-order valence-corrected chi connectivity index (χ2v) is 8.60. The summed E-state index contributed by atoms with van der Waals surface area (Å²) in [6.07, 6.45) is 0.485. The van der Waals surface area contributed by atoms with Crippen molar-refractivity contribution in [3.05, 3.63) is 48.5 Å². The largest absolute Gasteiger partial charge is 0.391 e. The van der Waals surface area contributed by atoms with Gasteiger partial charge in [-0.05, 0) is 50.8 Å². The smallest absolute Gasteiger partial charge is 0.127 e. The number of hydrogen-bond donors (Lipinski definition) is 2. The standard InChI is InChI=1S/C20H23N3O2S.CHN/c1-22(2)26(25)16-7-8-20(23-10-9-15(24)13-23)17(12-16)19-11-14-5-3-4-6-18(14)21-19;1-2/h3-8,11-12,15,21,24H,9-10,13H2,1-2H3;1H. The molecule has 1 saturated heterocycles. The molecule has 0 aliphatic carbocycles. The molecule has 0 radical (unpaired) electrons. The zero-order valence-electron chi connectivity index (χ0n) is 16.0. The molecule has 1 aliphatic rings. The summed E-state index contributed by atoms with van der Waals surface area (Å²) in [6.45, 7) is 4.95. The van der Waals surface area contributed by atoms with Crippen molar-refractivity contribution in [3.8, 4) is 17.8 Å². The molecule has 2 atom stereocenters. The number of aromatic amines is 1. The molecule has 0 bridgehead atoms. The highest BCUT2D eigenvalue weighted by atomic mass is 32.2. The number of nitriles is 1. The number of benzene rings is 2. The molecule has 3 aromatic rings. The Hall–Kier alpha value is -2.66. The second-order valence-electron chi connectivity index (χ2n) is 6.90. The van der Waals surface area contributed by atoms with Crippen LogP contribution in [0.3, 0.4) is 0 Å². The number of H-pyrrole nitrogens is 1. The second kappa shape index (κ2) is 8.57. The van der Waals surface area contributed by atoms with E-state index in [1.165, 1.54) is 0 Å². The van der Waals surface area contributed by atoms with E-state index >= 15 is 0 Å². The highest BCUT2D eigenvalue weighted by Crippen LogP contribution is 2.35. The number of aliphatic hydroxyl groups excluding tert-OH is 1. The average molecular weight is 397 g/mol. The predicted octanol–water partition coefficient (Wildman–Crippen LogP) is 3.13. The van der Waals surface area contributed by atoms with Crippen LogP contribution in [0.1, 0.15) is 6.42 Å². The summed E-state index contributed by atoms with van der Waals surface area (Å²) in [5, 5.41) is 17.6. The minimum absolute atomic E-state index is 0.291. The lowest BCUT2D eigenvalue weighted by molar-refractivity contribution is 0.198. The predicted molar refractivity (Wildman–Crippen MR) is 113 cm³/mol. The van der Waals surface area contributed by atoms with E-state index in [2.05, 4.69) is 34.7 Å². The number of hydrogen-bond acceptors (Lipinski definition) is 4. The van der Waals surface area contributed by atoms with Crippen molar-refractivity contribution in [2.45, 2.75) is 17.4 Å². The normalized spacial score (nSPS) is 17.5. The van der Waals surface area contributed by atoms with Crippen LogP contribution in [0, 0.1) is 11.8 Å². The SMILES string of the molecule is C#N.CN(C)S(=O)c1ccc(N2CCC(O)C2)c(-c2cc3ccccc3[nH]2)c1. The van der Waals surface area contributed by atoms with E-state index in [1.807, 2.05) is 44.4 Å². The minimum atomic E-state index is -1.20. The first-order valence-corrected chi connectivity index (χ1v) is 10.1. The molecule has 28 heavy (non-hydrogen) atoms. The first-order valence-electron chi connectivity index (χ1n) is 9.03. The molecular weight excluding hydrogens is 372 g/mol. The van der Waals surface area contributed by atoms with Crippen LogP contribution in [0.2, 0.25) is 0 Å². The number of rotatable bonds is 4. The van der Waals surface area contributed by atoms with Gasteiger partial charge in [-0.1, -0.05) is 18.2 Å². The first-order chi connectivity index (χ1) is 13.5. The lowest BCUT2D eigenvalue weighted by Gasteiger charge is -2.22. The fourth-order valence-corrected chi connectivity index (χ4v) is 4.33. The van der Waals surface area contributed by atoms with E-state index in [1.54, 1.807) is 4.31 Å². The van der Waals surface area contributed by atoms with E-state index in [0.717, 1.165) is 45.7 Å². The average Bonchev–Trinajstić information content (AvgIpc) is 3.34. The van der Waals surface area contributed by atoms with E-state index in [4.69, 9.17) is 5.26 Å². The van der Waals surface area contributed by atoms with Gasteiger partial charge in [0.15, 0.2) is 0 Å². The molecule has 7 heteroatoms. The number of nitrogens with one attached hydrogen (secondary N) is 1. The Labute approximate surface area is 167 Å². The van der Waals surface area contributed by atoms with Crippen molar-refractivity contribution >= 4 is 27.6 Å². The Bertz CT molecular complexity index is 979. The molecule has 2 unspecified atom stereocenters. The van der Waals surface area contributed by atoms with Crippen molar-refractivity contribution in [2.24, 2.45) is 0 Å². The van der Waals surface area contributed by atoms with Crippen molar-refractivity contribution < 1.29 is 9.32 Å². The highest BCUT2D eigenvalue weighted by molar-refractivity contribution is 7.82. The first kappa shape index (κ1) is 20.1. The van der Waals surface area contributed by atoms with Crippen LogP contribution in [0.25, 0.3) is 22.2 Å². The maximum absolute atomic E-state index is 12.6. The lowest BCUT2D eigenvalue weighted by atomic mass is 10.1. The molecular formula is C21H24N4O2S. The lowest BCUT2D eigenvalue weighted by Crippen LogP contribution is -2.22. The van der Waals surface area contributed by atoms with Crippen LogP contribution in [0.15, 0.2) is 53.4 Å². The molecule has 0 spiro atoms. The van der Waals surface area contributed by atoms with E-state index in [9.17, 15) is 9.32 Å². The number of nitrogens with zero attached hydrogens (tertiary/aromatic N) is 3. The van der Waals surface area contributed by atoms with Gasteiger partial charge in [-0.3, -0.25) is 0 Å².